The number of hydrogen-bond acceptors (Lipinski definition) is 4. The van der Waals surface area contributed by atoms with Crippen LogP contribution in [0.1, 0.15) is 18.4 Å². The Balaban J connectivity index is 1.69. The number of hydrogen-bond donors (Lipinski definition) is 2. The molecule has 2 aromatic rings. The Kier molecular flexibility index (Phi) is 3.41. The predicted molar refractivity (Wildman–Crippen MR) is 76.9 cm³/mol. The molecule has 2 N–H and O–H groups in total. The largest absolute Gasteiger partial charge is 0.508 e. The van der Waals surface area contributed by atoms with Gasteiger partial charge in [0.1, 0.15) is 5.75 Å². The molecule has 1 fully saturated rings. The molecule has 3 rings (SSSR count). The first-order chi connectivity index (χ1) is 9.70. The van der Waals surface area contributed by atoms with E-state index in [9.17, 15) is 9.90 Å². The van der Waals surface area contributed by atoms with Gasteiger partial charge in [-0.1, -0.05) is 12.1 Å². The summed E-state index contributed by atoms with van der Waals surface area (Å²) < 4.78 is 1.41. The Hall–Kier alpha value is -2.30. The summed E-state index contributed by atoms with van der Waals surface area (Å²) >= 11 is 0. The molecule has 5 nitrogen and oxygen atoms in total. The molecule has 5 heteroatoms. The summed E-state index contributed by atoms with van der Waals surface area (Å²) in [6, 6.07) is 8.35. The van der Waals surface area contributed by atoms with Crippen LogP contribution < -0.4 is 10.9 Å². The maximum Gasteiger partial charge on any atom is 0.269 e. The molecule has 1 aromatic heterocycles. The van der Waals surface area contributed by atoms with Crippen molar-refractivity contribution in [2.75, 3.05) is 11.9 Å². The third-order valence-corrected chi connectivity index (χ3v) is 3.43. The predicted octanol–water partition coefficient (Wildman–Crippen LogP) is 1.82. The molecule has 1 saturated carbocycles. The maximum absolute atomic E-state index is 12.0. The number of anilines is 1. The average molecular weight is 271 g/mol. The normalized spacial score (nSPS) is 14.2. The molecular weight excluding hydrogens is 254 g/mol. The second-order valence-electron chi connectivity index (χ2n) is 5.23. The van der Waals surface area contributed by atoms with E-state index in [-0.39, 0.29) is 11.3 Å². The standard InChI is InChI=1S/C15H17N3O2/c19-14-5-3-12(4-6-14)10-18-15(20)7-13(9-17-18)16-8-11-1-2-11/h3-7,9,11,16,19H,1-2,8,10H2. The smallest absolute Gasteiger partial charge is 0.269 e. The highest BCUT2D eigenvalue weighted by atomic mass is 16.3. The van der Waals surface area contributed by atoms with Gasteiger partial charge < -0.3 is 10.4 Å². The van der Waals surface area contributed by atoms with Gasteiger partial charge in [0.15, 0.2) is 0 Å². The number of nitrogens with zero attached hydrogens (tertiary/aromatic N) is 2. The molecular formula is C15H17N3O2. The lowest BCUT2D eigenvalue weighted by Gasteiger charge is -2.08. The Morgan fingerprint density at radius 1 is 1.30 bits per heavy atom. The van der Waals surface area contributed by atoms with Crippen molar-refractivity contribution in [3.63, 3.8) is 0 Å². The molecule has 0 aliphatic heterocycles. The van der Waals surface area contributed by atoms with E-state index in [2.05, 4.69) is 10.4 Å². The highest BCUT2D eigenvalue weighted by Gasteiger charge is 2.20. The fraction of sp³-hybridized carbons (Fsp3) is 0.333. The summed E-state index contributed by atoms with van der Waals surface area (Å²) in [5, 5.41) is 16.6. The summed E-state index contributed by atoms with van der Waals surface area (Å²) in [5.41, 5.74) is 1.58. The van der Waals surface area contributed by atoms with Crippen LogP contribution in [0.3, 0.4) is 0 Å². The molecule has 1 aliphatic rings. The molecule has 20 heavy (non-hydrogen) atoms. The van der Waals surface area contributed by atoms with Gasteiger partial charge in [0.05, 0.1) is 18.4 Å². The number of rotatable bonds is 5. The number of phenols is 1. The number of benzene rings is 1. The fourth-order valence-electron chi connectivity index (χ4n) is 2.01. The summed E-state index contributed by atoms with van der Waals surface area (Å²) in [7, 11) is 0. The first kappa shape index (κ1) is 12.7. The van der Waals surface area contributed by atoms with E-state index < -0.39 is 0 Å². The second-order valence-corrected chi connectivity index (χ2v) is 5.23. The van der Waals surface area contributed by atoms with Crippen LogP contribution in [-0.2, 0) is 6.54 Å². The Morgan fingerprint density at radius 2 is 2.05 bits per heavy atom. The van der Waals surface area contributed by atoms with Crippen molar-refractivity contribution < 1.29 is 5.11 Å². The molecule has 1 aliphatic carbocycles. The monoisotopic (exact) mass is 271 g/mol. The fourth-order valence-corrected chi connectivity index (χ4v) is 2.01. The van der Waals surface area contributed by atoms with Gasteiger partial charge in [0.2, 0.25) is 0 Å². The van der Waals surface area contributed by atoms with Gasteiger partial charge in [-0.2, -0.15) is 5.10 Å². The quantitative estimate of drug-likeness (QED) is 0.870. The molecule has 0 unspecified atom stereocenters. The number of phenolic OH excluding ortho intramolecular Hbond substituents is 1. The van der Waals surface area contributed by atoms with E-state index in [1.807, 2.05) is 0 Å². The van der Waals surface area contributed by atoms with Crippen molar-refractivity contribution in [3.05, 3.63) is 52.4 Å². The van der Waals surface area contributed by atoms with Crippen LogP contribution >= 0.6 is 0 Å². The van der Waals surface area contributed by atoms with Crippen molar-refractivity contribution in [2.45, 2.75) is 19.4 Å². The van der Waals surface area contributed by atoms with Gasteiger partial charge in [-0.25, -0.2) is 4.68 Å². The first-order valence-corrected chi connectivity index (χ1v) is 6.80. The molecule has 0 spiro atoms. The topological polar surface area (TPSA) is 67.2 Å². The molecule has 0 radical (unpaired) electrons. The second kappa shape index (κ2) is 5.36. The molecule has 0 atom stereocenters. The number of aromatic hydroxyl groups is 1. The first-order valence-electron chi connectivity index (χ1n) is 6.80. The van der Waals surface area contributed by atoms with Crippen molar-refractivity contribution in [3.8, 4) is 5.75 Å². The van der Waals surface area contributed by atoms with E-state index in [0.29, 0.717) is 6.54 Å². The van der Waals surface area contributed by atoms with E-state index in [1.165, 1.54) is 17.5 Å². The summed E-state index contributed by atoms with van der Waals surface area (Å²) in [6.45, 7) is 1.32. The van der Waals surface area contributed by atoms with Crippen LogP contribution in [0.4, 0.5) is 5.69 Å². The lowest BCUT2D eigenvalue weighted by atomic mass is 10.2. The number of nitrogens with one attached hydrogen (secondary N) is 1. The Bertz CT molecular complexity index is 645. The van der Waals surface area contributed by atoms with Crippen LogP contribution in [0, 0.1) is 5.92 Å². The van der Waals surface area contributed by atoms with Gasteiger partial charge in [-0.05, 0) is 36.5 Å². The molecule has 0 saturated heterocycles. The molecule has 0 bridgehead atoms. The van der Waals surface area contributed by atoms with E-state index >= 15 is 0 Å². The SMILES string of the molecule is O=c1cc(NCC2CC2)cnn1Cc1ccc(O)cc1. The van der Waals surface area contributed by atoms with E-state index in [1.54, 1.807) is 36.5 Å². The Morgan fingerprint density at radius 3 is 2.70 bits per heavy atom. The van der Waals surface area contributed by atoms with E-state index in [4.69, 9.17) is 0 Å². The van der Waals surface area contributed by atoms with Crippen molar-refractivity contribution in [1.29, 1.82) is 0 Å². The minimum absolute atomic E-state index is 0.126. The zero-order valence-electron chi connectivity index (χ0n) is 11.1. The van der Waals surface area contributed by atoms with E-state index in [0.717, 1.165) is 23.7 Å². The van der Waals surface area contributed by atoms with Gasteiger partial charge >= 0.3 is 0 Å². The lowest BCUT2D eigenvalue weighted by molar-refractivity contribution is 0.475. The summed E-state index contributed by atoms with van der Waals surface area (Å²) in [5.74, 6) is 0.975. The minimum Gasteiger partial charge on any atom is -0.508 e. The van der Waals surface area contributed by atoms with Gasteiger partial charge in [0.25, 0.3) is 5.56 Å². The van der Waals surface area contributed by atoms with Gasteiger partial charge in [0, 0.05) is 12.6 Å². The number of aromatic nitrogens is 2. The van der Waals surface area contributed by atoms with Crippen LogP contribution in [0.15, 0.2) is 41.3 Å². The van der Waals surface area contributed by atoms with Gasteiger partial charge in [-0.15, -0.1) is 0 Å². The summed E-state index contributed by atoms with van der Waals surface area (Å²) in [4.78, 5) is 12.0. The highest BCUT2D eigenvalue weighted by molar-refractivity contribution is 5.39. The Labute approximate surface area is 116 Å². The zero-order chi connectivity index (χ0) is 13.9. The molecule has 1 aromatic carbocycles. The van der Waals surface area contributed by atoms with Crippen molar-refractivity contribution in [1.82, 2.24) is 9.78 Å². The third-order valence-electron chi connectivity index (χ3n) is 3.43. The molecule has 1 heterocycles. The highest BCUT2D eigenvalue weighted by Crippen LogP contribution is 2.28. The zero-order valence-corrected chi connectivity index (χ0v) is 11.1. The molecule has 0 amide bonds. The van der Waals surface area contributed by atoms with Crippen LogP contribution in [0.5, 0.6) is 5.75 Å². The third kappa shape index (κ3) is 3.17. The average Bonchev–Trinajstić information content (AvgIpc) is 3.26. The van der Waals surface area contributed by atoms with Gasteiger partial charge in [-0.3, -0.25) is 4.79 Å². The lowest BCUT2D eigenvalue weighted by Crippen LogP contribution is -2.23. The maximum atomic E-state index is 12.0. The van der Waals surface area contributed by atoms with Crippen LogP contribution in [-0.4, -0.2) is 21.4 Å². The molecule has 104 valence electrons. The minimum atomic E-state index is -0.126. The van der Waals surface area contributed by atoms with Crippen molar-refractivity contribution in [2.24, 2.45) is 5.92 Å². The van der Waals surface area contributed by atoms with Crippen molar-refractivity contribution >= 4 is 5.69 Å². The van der Waals surface area contributed by atoms with Crippen LogP contribution in [0.25, 0.3) is 0 Å². The van der Waals surface area contributed by atoms with Crippen LogP contribution in [0.2, 0.25) is 0 Å². The summed E-state index contributed by atoms with van der Waals surface area (Å²) in [6.07, 6.45) is 4.24.